The van der Waals surface area contributed by atoms with Gasteiger partial charge in [0.15, 0.2) is 5.82 Å². The van der Waals surface area contributed by atoms with Crippen molar-refractivity contribution in [2.24, 2.45) is 0 Å². The number of halogens is 3. The third kappa shape index (κ3) is 6.78. The van der Waals surface area contributed by atoms with Crippen LogP contribution in [0, 0.1) is 24.0 Å². The number of phenols is 1. The first-order valence-corrected chi connectivity index (χ1v) is 17.8. The minimum Gasteiger partial charge on any atom is -0.508 e. The Morgan fingerprint density at radius 1 is 1.20 bits per heavy atom. The van der Waals surface area contributed by atoms with E-state index in [2.05, 4.69) is 37.8 Å². The summed E-state index contributed by atoms with van der Waals surface area (Å²) in [5, 5.41) is 14.8. The van der Waals surface area contributed by atoms with Crippen molar-refractivity contribution >= 4 is 33.4 Å². The van der Waals surface area contributed by atoms with Crippen molar-refractivity contribution < 1.29 is 27.8 Å². The Morgan fingerprint density at radius 3 is 2.69 bits per heavy atom. The molecule has 278 valence electrons. The number of nitrogens with one attached hydrogen (secondary N) is 1. The van der Waals surface area contributed by atoms with Crippen molar-refractivity contribution in [3.05, 3.63) is 90.4 Å². The molecule has 5 aromatic rings. The van der Waals surface area contributed by atoms with Gasteiger partial charge in [0.25, 0.3) is 0 Å². The van der Waals surface area contributed by atoms with E-state index in [1.54, 1.807) is 24.3 Å². The standard InChI is InChI=1S/C41H40F3N7O3/c1-5-29-32(43)10-9-26-17-28(52)18-30(34(26)29)36-35(44)37-31(20-46-36)38(47-23-41(13-7-8-14-41)50(4)33(53)6-2)49-39(48-37)54-24-40(3)19-27(42)22-51(40)21-25-11-15-45-16-12-25/h1,6,9-12,15-18,20,27,52H,2,7-8,13-14,19,21-24H2,3-4H3,(H,47,48,49)/t27-,40+/m1/s1. The van der Waals surface area contributed by atoms with E-state index in [-0.39, 0.29) is 82.7 Å². The minimum absolute atomic E-state index is 0.00841. The summed E-state index contributed by atoms with van der Waals surface area (Å²) in [6.45, 7) is 6.50. The van der Waals surface area contributed by atoms with Gasteiger partial charge in [0.1, 0.15) is 41.4 Å². The highest BCUT2D eigenvalue weighted by molar-refractivity contribution is 6.03. The van der Waals surface area contributed by atoms with Gasteiger partial charge in [0, 0.05) is 62.6 Å². The van der Waals surface area contributed by atoms with Crippen LogP contribution in [-0.2, 0) is 11.3 Å². The SMILES string of the molecule is C#Cc1c(F)ccc2cc(O)cc(-c3ncc4c(NCC5(N(C)C(=O)C=C)CCCC5)nc(OC[C@]5(C)C[C@@H](F)CN5Cc5ccncc5)nc4c3F)c12. The van der Waals surface area contributed by atoms with Crippen LogP contribution in [0.4, 0.5) is 19.0 Å². The molecule has 3 aromatic heterocycles. The average molecular weight is 736 g/mol. The van der Waals surface area contributed by atoms with Crippen molar-refractivity contribution in [2.45, 2.75) is 62.8 Å². The first-order valence-electron chi connectivity index (χ1n) is 17.8. The van der Waals surface area contributed by atoms with E-state index in [9.17, 15) is 18.7 Å². The lowest BCUT2D eigenvalue weighted by Crippen LogP contribution is -2.51. The lowest BCUT2D eigenvalue weighted by molar-refractivity contribution is -0.129. The van der Waals surface area contributed by atoms with Gasteiger partial charge in [-0.05, 0) is 67.1 Å². The first-order chi connectivity index (χ1) is 25.9. The quantitative estimate of drug-likeness (QED) is 0.110. The third-order valence-electron chi connectivity index (χ3n) is 10.9. The predicted molar refractivity (Wildman–Crippen MR) is 201 cm³/mol. The molecule has 1 saturated carbocycles. The topological polar surface area (TPSA) is 117 Å². The van der Waals surface area contributed by atoms with E-state index in [1.807, 2.05) is 24.0 Å². The number of terminal acetylenes is 1. The molecule has 13 heteroatoms. The van der Waals surface area contributed by atoms with Crippen LogP contribution in [0.1, 0.15) is 50.2 Å². The van der Waals surface area contributed by atoms with E-state index in [0.29, 0.717) is 11.9 Å². The molecule has 1 saturated heterocycles. The third-order valence-corrected chi connectivity index (χ3v) is 10.9. The number of aromatic nitrogens is 4. The second kappa shape index (κ2) is 14.6. The summed E-state index contributed by atoms with van der Waals surface area (Å²) >= 11 is 0. The summed E-state index contributed by atoms with van der Waals surface area (Å²) in [5.41, 5.74) is -0.773. The molecule has 2 aliphatic rings. The maximum atomic E-state index is 17.0. The van der Waals surface area contributed by atoms with E-state index < -0.39 is 28.9 Å². The summed E-state index contributed by atoms with van der Waals surface area (Å²) < 4.78 is 53.2. The van der Waals surface area contributed by atoms with Crippen LogP contribution in [-0.4, -0.2) is 84.7 Å². The molecular formula is C41H40F3N7O3. The number of aromatic hydroxyl groups is 1. The fraction of sp³-hybridized carbons (Fsp3) is 0.341. The number of hydrogen-bond acceptors (Lipinski definition) is 9. The number of alkyl halides is 1. The minimum atomic E-state index is -1.09. The smallest absolute Gasteiger partial charge is 0.319 e. The van der Waals surface area contributed by atoms with Crippen molar-refractivity contribution in [3.63, 3.8) is 0 Å². The lowest BCUT2D eigenvalue weighted by Gasteiger charge is -2.38. The summed E-state index contributed by atoms with van der Waals surface area (Å²) in [4.78, 5) is 34.2. The number of nitrogens with zero attached hydrogens (tertiary/aromatic N) is 6. The van der Waals surface area contributed by atoms with E-state index in [0.717, 1.165) is 31.2 Å². The molecule has 0 spiro atoms. The van der Waals surface area contributed by atoms with Gasteiger partial charge < -0.3 is 20.1 Å². The molecule has 0 radical (unpaired) electrons. The summed E-state index contributed by atoms with van der Waals surface area (Å²) in [6.07, 6.45) is 14.1. The number of hydrogen-bond donors (Lipinski definition) is 2. The second-order valence-corrected chi connectivity index (χ2v) is 14.4. The average Bonchev–Trinajstić information content (AvgIpc) is 3.76. The maximum Gasteiger partial charge on any atom is 0.319 e. The van der Waals surface area contributed by atoms with Crippen LogP contribution >= 0.6 is 0 Å². The molecule has 10 nitrogen and oxygen atoms in total. The zero-order valence-corrected chi connectivity index (χ0v) is 30.1. The summed E-state index contributed by atoms with van der Waals surface area (Å²) in [5.74, 6) is 0.574. The first kappa shape index (κ1) is 36.6. The number of likely N-dealkylation sites (N-methyl/N-ethyl adjacent to an activating group) is 1. The molecule has 2 fully saturated rings. The molecular weight excluding hydrogens is 695 g/mol. The van der Waals surface area contributed by atoms with Crippen molar-refractivity contribution in [1.82, 2.24) is 29.7 Å². The molecule has 2 atom stereocenters. The Morgan fingerprint density at radius 2 is 1.96 bits per heavy atom. The van der Waals surface area contributed by atoms with Crippen molar-refractivity contribution in [1.29, 1.82) is 0 Å². The number of anilines is 1. The molecule has 4 heterocycles. The summed E-state index contributed by atoms with van der Waals surface area (Å²) in [7, 11) is 1.74. The normalized spacial score (nSPS) is 19.5. The largest absolute Gasteiger partial charge is 0.508 e. The zero-order chi connectivity index (χ0) is 38.2. The zero-order valence-electron chi connectivity index (χ0n) is 30.1. The highest BCUT2D eigenvalue weighted by Gasteiger charge is 2.43. The number of benzene rings is 2. The number of carbonyl (C=O) groups is 1. The molecule has 0 bridgehead atoms. The number of amides is 1. The Hall–Kier alpha value is -5.74. The van der Waals surface area contributed by atoms with Gasteiger partial charge in [-0.25, -0.2) is 13.2 Å². The maximum absolute atomic E-state index is 17.0. The Kier molecular flexibility index (Phi) is 9.89. The molecule has 1 amide bonds. The van der Waals surface area contributed by atoms with E-state index in [1.165, 1.54) is 36.5 Å². The molecule has 1 aliphatic carbocycles. The van der Waals surface area contributed by atoms with Gasteiger partial charge in [-0.15, -0.1) is 6.42 Å². The number of fused-ring (bicyclic) bond motifs is 2. The molecule has 7 rings (SSSR count). The van der Waals surface area contributed by atoms with Gasteiger partial charge >= 0.3 is 6.01 Å². The van der Waals surface area contributed by atoms with E-state index in [4.69, 9.17) is 11.2 Å². The van der Waals surface area contributed by atoms with Crippen LogP contribution in [0.15, 0.2) is 67.6 Å². The molecule has 54 heavy (non-hydrogen) atoms. The van der Waals surface area contributed by atoms with Crippen molar-refractivity contribution in [3.8, 4) is 35.4 Å². The van der Waals surface area contributed by atoms with E-state index >= 15 is 4.39 Å². The van der Waals surface area contributed by atoms with Crippen LogP contribution in [0.25, 0.3) is 32.9 Å². The van der Waals surface area contributed by atoms with Crippen LogP contribution < -0.4 is 10.1 Å². The lowest BCUT2D eigenvalue weighted by atomic mass is 9.95. The van der Waals surface area contributed by atoms with Crippen LogP contribution in [0.5, 0.6) is 11.8 Å². The number of likely N-dealkylation sites (tertiary alicyclic amines) is 1. The second-order valence-electron chi connectivity index (χ2n) is 14.4. The molecule has 2 N–H and O–H groups in total. The van der Waals surface area contributed by atoms with Crippen LogP contribution in [0.2, 0.25) is 0 Å². The molecule has 1 aliphatic heterocycles. The van der Waals surface area contributed by atoms with Gasteiger partial charge in [-0.2, -0.15) is 9.97 Å². The number of phenolic OH excluding ortho intramolecular Hbond substituents is 1. The number of pyridine rings is 2. The number of ether oxygens (including phenoxy) is 1. The Bertz CT molecular complexity index is 2290. The summed E-state index contributed by atoms with van der Waals surface area (Å²) in [6, 6.07) is 8.90. The fourth-order valence-corrected chi connectivity index (χ4v) is 7.92. The van der Waals surface area contributed by atoms with Gasteiger partial charge in [-0.3, -0.25) is 19.7 Å². The van der Waals surface area contributed by atoms with Gasteiger partial charge in [0.05, 0.1) is 22.0 Å². The monoisotopic (exact) mass is 735 g/mol. The molecule has 0 unspecified atom stereocenters. The molecule has 2 aromatic carbocycles. The highest BCUT2D eigenvalue weighted by Crippen LogP contribution is 2.40. The van der Waals surface area contributed by atoms with Crippen molar-refractivity contribution in [2.75, 3.05) is 32.1 Å². The Labute approximate surface area is 311 Å². The van der Waals surface area contributed by atoms with Gasteiger partial charge in [-0.1, -0.05) is 31.4 Å². The Balaban J connectivity index is 1.31. The number of carbonyl (C=O) groups excluding carboxylic acids is 1. The fourth-order valence-electron chi connectivity index (χ4n) is 7.92. The van der Waals surface area contributed by atoms with Gasteiger partial charge in [0.2, 0.25) is 5.91 Å². The highest BCUT2D eigenvalue weighted by atomic mass is 19.1. The number of rotatable bonds is 11. The predicted octanol–water partition coefficient (Wildman–Crippen LogP) is 6.96. The van der Waals surface area contributed by atoms with Crippen LogP contribution in [0.3, 0.4) is 0 Å².